The smallest absolute Gasteiger partial charge is 0.427 e. The van der Waals surface area contributed by atoms with Crippen LogP contribution in [0, 0.1) is 0 Å². The molecular weight excluding hydrogens is 195 g/mol. The van der Waals surface area contributed by atoms with Gasteiger partial charge in [0.25, 0.3) is 0 Å². The van der Waals surface area contributed by atoms with Crippen LogP contribution in [0.4, 0.5) is 18.9 Å². The summed E-state index contributed by atoms with van der Waals surface area (Å²) in [5, 5.41) is 2.75. The van der Waals surface area contributed by atoms with Crippen molar-refractivity contribution in [2.24, 2.45) is 0 Å². The summed E-state index contributed by atoms with van der Waals surface area (Å²) < 4.78 is 40.8. The minimum Gasteiger partial charge on any atom is -0.431 e. The van der Waals surface area contributed by atoms with E-state index in [1.165, 1.54) is 18.2 Å². The molecule has 78 valence electrons. The minimum absolute atomic E-state index is 0.0699. The van der Waals surface area contributed by atoms with Gasteiger partial charge in [0.2, 0.25) is 0 Å². The Morgan fingerprint density at radius 2 is 2.14 bits per heavy atom. The molecule has 14 heavy (non-hydrogen) atoms. The van der Waals surface area contributed by atoms with Gasteiger partial charge in [-0.05, 0) is 12.1 Å². The standard InChI is InChI=1S/C9H10F3NO/c1-13-7-3-2-4-8(5-7)14-9(11,12)6-10/h2-5,13H,6H2,1H3. The normalized spacial score (nSPS) is 11.1. The summed E-state index contributed by atoms with van der Waals surface area (Å²) in [5.41, 5.74) is 0.622. The summed E-state index contributed by atoms with van der Waals surface area (Å²) >= 11 is 0. The number of halogens is 3. The van der Waals surface area contributed by atoms with Gasteiger partial charge in [0.05, 0.1) is 0 Å². The molecule has 2 nitrogen and oxygen atoms in total. The van der Waals surface area contributed by atoms with Crippen molar-refractivity contribution in [2.75, 3.05) is 19.0 Å². The number of hydrogen-bond donors (Lipinski definition) is 1. The second-order valence-corrected chi connectivity index (χ2v) is 2.65. The molecule has 0 heterocycles. The van der Waals surface area contributed by atoms with E-state index in [2.05, 4.69) is 10.1 Å². The zero-order chi connectivity index (χ0) is 10.6. The third kappa shape index (κ3) is 2.83. The van der Waals surface area contributed by atoms with Crippen LogP contribution in [0.5, 0.6) is 5.75 Å². The summed E-state index contributed by atoms with van der Waals surface area (Å²) in [6, 6.07) is 5.92. The first kappa shape index (κ1) is 10.7. The second kappa shape index (κ2) is 4.21. The van der Waals surface area contributed by atoms with Crippen LogP contribution in [0.15, 0.2) is 24.3 Å². The summed E-state index contributed by atoms with van der Waals surface area (Å²) in [7, 11) is 1.65. The second-order valence-electron chi connectivity index (χ2n) is 2.65. The highest BCUT2D eigenvalue weighted by Gasteiger charge is 2.31. The molecule has 0 unspecified atom stereocenters. The Bertz CT molecular complexity index is 304. The van der Waals surface area contributed by atoms with Crippen LogP contribution in [0.25, 0.3) is 0 Å². The van der Waals surface area contributed by atoms with Crippen LogP contribution in [-0.4, -0.2) is 19.8 Å². The predicted octanol–water partition coefficient (Wildman–Crippen LogP) is 2.67. The van der Waals surface area contributed by atoms with Crippen molar-refractivity contribution in [3.63, 3.8) is 0 Å². The van der Waals surface area contributed by atoms with Gasteiger partial charge in [-0.3, -0.25) is 0 Å². The van der Waals surface area contributed by atoms with Gasteiger partial charge in [-0.15, -0.1) is 0 Å². The van der Waals surface area contributed by atoms with E-state index in [4.69, 9.17) is 0 Å². The van der Waals surface area contributed by atoms with Gasteiger partial charge in [-0.25, -0.2) is 4.39 Å². The average Bonchev–Trinajstić information content (AvgIpc) is 2.17. The number of anilines is 1. The molecule has 0 radical (unpaired) electrons. The van der Waals surface area contributed by atoms with E-state index in [0.717, 1.165) is 0 Å². The van der Waals surface area contributed by atoms with Crippen LogP contribution in [-0.2, 0) is 0 Å². The van der Waals surface area contributed by atoms with Gasteiger partial charge in [-0.1, -0.05) is 6.07 Å². The SMILES string of the molecule is CNc1cccc(OC(F)(F)CF)c1. The van der Waals surface area contributed by atoms with Crippen LogP contribution in [0.2, 0.25) is 0 Å². The van der Waals surface area contributed by atoms with E-state index >= 15 is 0 Å². The maximum Gasteiger partial charge on any atom is 0.427 e. The molecule has 1 aromatic rings. The first-order chi connectivity index (χ1) is 6.57. The molecule has 0 bridgehead atoms. The molecule has 0 aliphatic carbocycles. The number of alkyl halides is 3. The molecule has 0 atom stereocenters. The lowest BCUT2D eigenvalue weighted by molar-refractivity contribution is -0.186. The first-order valence-electron chi connectivity index (χ1n) is 3.98. The molecule has 0 spiro atoms. The maximum absolute atomic E-state index is 12.5. The van der Waals surface area contributed by atoms with E-state index in [1.54, 1.807) is 13.1 Å². The number of ether oxygens (including phenoxy) is 1. The van der Waals surface area contributed by atoms with Crippen LogP contribution in [0.1, 0.15) is 0 Å². The van der Waals surface area contributed by atoms with Crippen molar-refractivity contribution >= 4 is 5.69 Å². The zero-order valence-corrected chi connectivity index (χ0v) is 7.56. The Kier molecular flexibility index (Phi) is 3.22. The lowest BCUT2D eigenvalue weighted by atomic mass is 10.3. The van der Waals surface area contributed by atoms with Crippen LogP contribution >= 0.6 is 0 Å². The minimum atomic E-state index is -3.76. The molecule has 0 saturated carbocycles. The molecular formula is C9H10F3NO. The number of rotatable bonds is 4. The molecule has 0 aromatic heterocycles. The lowest BCUT2D eigenvalue weighted by Gasteiger charge is -2.14. The van der Waals surface area contributed by atoms with Crippen LogP contribution < -0.4 is 10.1 Å². The largest absolute Gasteiger partial charge is 0.431 e. The summed E-state index contributed by atoms with van der Waals surface area (Å²) in [6.45, 7) is -1.84. The van der Waals surface area contributed by atoms with E-state index < -0.39 is 12.8 Å². The van der Waals surface area contributed by atoms with Gasteiger partial charge in [0, 0.05) is 18.8 Å². The van der Waals surface area contributed by atoms with Crippen molar-refractivity contribution in [3.8, 4) is 5.75 Å². The summed E-state index contributed by atoms with van der Waals surface area (Å²) in [4.78, 5) is 0. The van der Waals surface area contributed by atoms with Crippen molar-refractivity contribution < 1.29 is 17.9 Å². The molecule has 5 heteroatoms. The number of hydrogen-bond acceptors (Lipinski definition) is 2. The van der Waals surface area contributed by atoms with Crippen molar-refractivity contribution in [1.29, 1.82) is 0 Å². The third-order valence-electron chi connectivity index (χ3n) is 1.55. The highest BCUT2D eigenvalue weighted by atomic mass is 19.3. The first-order valence-corrected chi connectivity index (χ1v) is 3.98. The van der Waals surface area contributed by atoms with Gasteiger partial charge in [-0.2, -0.15) is 8.78 Å². The Morgan fingerprint density at radius 3 is 2.71 bits per heavy atom. The van der Waals surface area contributed by atoms with E-state index in [1.807, 2.05) is 0 Å². The Hall–Kier alpha value is -1.39. The fourth-order valence-electron chi connectivity index (χ4n) is 0.915. The fraction of sp³-hybridized carbons (Fsp3) is 0.333. The highest BCUT2D eigenvalue weighted by molar-refractivity contribution is 5.47. The topological polar surface area (TPSA) is 21.3 Å². The van der Waals surface area contributed by atoms with Gasteiger partial charge < -0.3 is 10.1 Å². The van der Waals surface area contributed by atoms with E-state index in [-0.39, 0.29) is 5.75 Å². The number of nitrogens with one attached hydrogen (secondary N) is 1. The molecule has 1 N–H and O–H groups in total. The number of benzene rings is 1. The van der Waals surface area contributed by atoms with Gasteiger partial charge in [0.1, 0.15) is 5.75 Å². The maximum atomic E-state index is 12.5. The van der Waals surface area contributed by atoms with Crippen molar-refractivity contribution in [1.82, 2.24) is 0 Å². The van der Waals surface area contributed by atoms with Crippen molar-refractivity contribution in [3.05, 3.63) is 24.3 Å². The molecule has 0 amide bonds. The third-order valence-corrected chi connectivity index (χ3v) is 1.55. The van der Waals surface area contributed by atoms with Gasteiger partial charge >= 0.3 is 6.11 Å². The molecule has 1 rings (SSSR count). The van der Waals surface area contributed by atoms with Crippen molar-refractivity contribution in [2.45, 2.75) is 6.11 Å². The Labute approximate surface area is 79.7 Å². The highest BCUT2D eigenvalue weighted by Crippen LogP contribution is 2.24. The van der Waals surface area contributed by atoms with E-state index in [0.29, 0.717) is 5.69 Å². The molecule has 0 aliphatic rings. The van der Waals surface area contributed by atoms with E-state index in [9.17, 15) is 13.2 Å². The molecule has 1 aromatic carbocycles. The quantitative estimate of drug-likeness (QED) is 0.815. The summed E-state index contributed by atoms with van der Waals surface area (Å²) in [6.07, 6.45) is -3.76. The molecule has 0 fully saturated rings. The fourth-order valence-corrected chi connectivity index (χ4v) is 0.915. The summed E-state index contributed by atoms with van der Waals surface area (Å²) in [5.74, 6) is -0.0699. The monoisotopic (exact) mass is 205 g/mol. The molecule has 0 saturated heterocycles. The zero-order valence-electron chi connectivity index (χ0n) is 7.56. The molecule has 0 aliphatic heterocycles. The Balaban J connectivity index is 2.76. The lowest BCUT2D eigenvalue weighted by Crippen LogP contribution is -2.26. The Morgan fingerprint density at radius 1 is 1.43 bits per heavy atom. The average molecular weight is 205 g/mol. The predicted molar refractivity (Wildman–Crippen MR) is 47.5 cm³/mol. The van der Waals surface area contributed by atoms with Gasteiger partial charge in [0.15, 0.2) is 6.67 Å². The van der Waals surface area contributed by atoms with Crippen LogP contribution in [0.3, 0.4) is 0 Å².